The van der Waals surface area contributed by atoms with Crippen molar-refractivity contribution in [1.29, 1.82) is 0 Å². The third kappa shape index (κ3) is 5.21. The van der Waals surface area contributed by atoms with E-state index in [1.54, 1.807) is 0 Å². The summed E-state index contributed by atoms with van der Waals surface area (Å²) in [6.45, 7) is 0. The van der Waals surface area contributed by atoms with E-state index < -0.39 is 0 Å². The summed E-state index contributed by atoms with van der Waals surface area (Å²) >= 11 is 7.27. The zero-order chi connectivity index (χ0) is 38.6. The van der Waals surface area contributed by atoms with E-state index in [4.69, 9.17) is 15.0 Å². The van der Waals surface area contributed by atoms with Gasteiger partial charge in [0.25, 0.3) is 0 Å². The molecule has 5 aromatic heterocycles. The summed E-state index contributed by atoms with van der Waals surface area (Å²) in [5.41, 5.74) is 3.97. The van der Waals surface area contributed by atoms with Crippen molar-refractivity contribution in [2.24, 2.45) is 0 Å². The van der Waals surface area contributed by atoms with Crippen LogP contribution in [0.15, 0.2) is 170 Å². The lowest BCUT2D eigenvalue weighted by molar-refractivity contribution is 1.03. The van der Waals surface area contributed by atoms with Gasteiger partial charge in [0.05, 0.1) is 11.4 Å². The second kappa shape index (κ2) is 13.0. The minimum absolute atomic E-state index is 0.572. The van der Waals surface area contributed by atoms with Crippen LogP contribution in [0.3, 0.4) is 0 Å². The number of anilines is 3. The SMILES string of the molecule is c1ccc2c(c1)sc1cc(-c3nc(-c4ccc5sc6ccccc6c5c4)nc(N(c4cccc5sc6ccccc6c45)c4cccc5sc6ccccc6c45)n3)ccc12. The molecular weight excluding hydrogens is 797 g/mol. The second-order valence-electron chi connectivity index (χ2n) is 14.7. The fraction of sp³-hybridized carbons (Fsp3) is 0. The van der Waals surface area contributed by atoms with Crippen molar-refractivity contribution >= 4 is 143 Å². The number of benzene rings is 8. The minimum atomic E-state index is 0.572. The van der Waals surface area contributed by atoms with Gasteiger partial charge in [-0.1, -0.05) is 97.1 Å². The van der Waals surface area contributed by atoms with E-state index in [1.165, 1.54) is 80.7 Å². The van der Waals surface area contributed by atoms with Crippen LogP contribution in [0.2, 0.25) is 0 Å². The first-order valence-electron chi connectivity index (χ1n) is 19.4. The summed E-state index contributed by atoms with van der Waals surface area (Å²) in [7, 11) is 0. The molecule has 0 aliphatic rings. The van der Waals surface area contributed by atoms with Crippen molar-refractivity contribution in [3.05, 3.63) is 170 Å². The molecule has 0 radical (unpaired) electrons. The fourth-order valence-corrected chi connectivity index (χ4v) is 13.2. The molecule has 0 aliphatic heterocycles. The first-order valence-corrected chi connectivity index (χ1v) is 22.7. The molecule has 0 unspecified atom stereocenters. The van der Waals surface area contributed by atoms with Crippen LogP contribution in [0.4, 0.5) is 17.3 Å². The second-order valence-corrected chi connectivity index (χ2v) is 19.1. The highest BCUT2D eigenvalue weighted by Gasteiger charge is 2.26. The normalized spacial score (nSPS) is 12.1. The quantitative estimate of drug-likeness (QED) is 0.173. The molecule has 0 fully saturated rings. The lowest BCUT2D eigenvalue weighted by Crippen LogP contribution is -2.16. The Morgan fingerprint density at radius 2 is 0.729 bits per heavy atom. The Morgan fingerprint density at radius 1 is 0.305 bits per heavy atom. The number of aromatic nitrogens is 3. The van der Waals surface area contributed by atoms with Crippen molar-refractivity contribution in [3.8, 4) is 22.8 Å². The number of rotatable bonds is 5. The first-order chi connectivity index (χ1) is 29.2. The fourth-order valence-electron chi connectivity index (χ4n) is 8.68. The van der Waals surface area contributed by atoms with Crippen LogP contribution < -0.4 is 4.90 Å². The van der Waals surface area contributed by atoms with E-state index >= 15 is 0 Å². The molecule has 59 heavy (non-hydrogen) atoms. The monoisotopic (exact) mass is 824 g/mol. The Labute approximate surface area is 353 Å². The average molecular weight is 825 g/mol. The van der Waals surface area contributed by atoms with E-state index in [-0.39, 0.29) is 0 Å². The van der Waals surface area contributed by atoms with Gasteiger partial charge in [-0.25, -0.2) is 4.98 Å². The van der Waals surface area contributed by atoms with Crippen molar-refractivity contribution in [2.75, 3.05) is 4.90 Å². The van der Waals surface area contributed by atoms with E-state index in [0.29, 0.717) is 17.6 Å². The molecule has 0 aliphatic carbocycles. The molecular formula is C51H28N4S4. The molecule has 0 atom stereocenters. The Kier molecular flexibility index (Phi) is 7.35. The number of nitrogens with zero attached hydrogens (tertiary/aromatic N) is 4. The van der Waals surface area contributed by atoms with Gasteiger partial charge in [0.2, 0.25) is 5.95 Å². The molecule has 0 spiro atoms. The highest BCUT2D eigenvalue weighted by Crippen LogP contribution is 2.49. The van der Waals surface area contributed by atoms with E-state index in [0.717, 1.165) is 22.5 Å². The van der Waals surface area contributed by atoms with Crippen LogP contribution in [0.5, 0.6) is 0 Å². The summed E-state index contributed by atoms with van der Waals surface area (Å²) in [4.78, 5) is 18.7. The van der Waals surface area contributed by atoms with Crippen LogP contribution in [0.1, 0.15) is 0 Å². The van der Waals surface area contributed by atoms with Crippen molar-refractivity contribution in [2.45, 2.75) is 0 Å². The molecule has 8 aromatic carbocycles. The Hall–Kier alpha value is -6.55. The topological polar surface area (TPSA) is 41.9 Å². The van der Waals surface area contributed by atoms with Crippen molar-refractivity contribution in [1.82, 2.24) is 15.0 Å². The third-order valence-electron chi connectivity index (χ3n) is 11.3. The van der Waals surface area contributed by atoms with Crippen molar-refractivity contribution in [3.63, 3.8) is 0 Å². The van der Waals surface area contributed by atoms with Crippen LogP contribution in [-0.2, 0) is 0 Å². The molecule has 0 saturated carbocycles. The number of hydrogen-bond acceptors (Lipinski definition) is 8. The first kappa shape index (κ1) is 33.4. The Balaban J connectivity index is 1.13. The lowest BCUT2D eigenvalue weighted by Gasteiger charge is -2.26. The van der Waals surface area contributed by atoms with Gasteiger partial charge in [0.15, 0.2) is 11.6 Å². The molecule has 0 N–H and O–H groups in total. The zero-order valence-electron chi connectivity index (χ0n) is 31.1. The number of fused-ring (bicyclic) bond motifs is 12. The van der Waals surface area contributed by atoms with Crippen LogP contribution in [-0.4, -0.2) is 15.0 Å². The van der Waals surface area contributed by atoms with E-state index in [1.807, 2.05) is 45.3 Å². The standard InChI is InChI=1S/C51H28N4S4/c1-5-17-39-31(11-1)33-25-23-30(28-46(33)59-39)50-52-49(29-24-26-43-36(27-29)32-12-2-6-18-40(32)56-43)53-51(54-50)55(37-15-9-21-44-47(37)34-13-3-7-19-41(34)57-44)38-16-10-22-45-48(38)35-14-4-8-20-42(35)58-45/h1-28H. The summed E-state index contributed by atoms with van der Waals surface area (Å²) in [6, 6.07) is 61.2. The summed E-state index contributed by atoms with van der Waals surface area (Å²) < 4.78 is 9.93. The van der Waals surface area contributed by atoms with Gasteiger partial charge in [-0.3, -0.25) is 4.90 Å². The van der Waals surface area contributed by atoms with Gasteiger partial charge >= 0.3 is 0 Å². The molecule has 0 bridgehead atoms. The Bertz CT molecular complexity index is 3720. The maximum absolute atomic E-state index is 5.51. The summed E-state index contributed by atoms with van der Waals surface area (Å²) in [5, 5.41) is 9.77. The van der Waals surface area contributed by atoms with Crippen LogP contribution in [0, 0.1) is 0 Å². The van der Waals surface area contributed by atoms with E-state index in [2.05, 4.69) is 175 Å². The Morgan fingerprint density at radius 3 is 1.34 bits per heavy atom. The third-order valence-corrected chi connectivity index (χ3v) is 15.9. The molecule has 8 heteroatoms. The van der Waals surface area contributed by atoms with Gasteiger partial charge < -0.3 is 0 Å². The average Bonchev–Trinajstić information content (AvgIpc) is 4.06. The van der Waals surface area contributed by atoms with Crippen LogP contribution in [0.25, 0.3) is 103 Å². The largest absolute Gasteiger partial charge is 0.278 e. The van der Waals surface area contributed by atoms with Gasteiger partial charge in [0, 0.05) is 91.8 Å². The maximum Gasteiger partial charge on any atom is 0.238 e. The molecule has 276 valence electrons. The molecule has 4 nitrogen and oxygen atoms in total. The highest BCUT2D eigenvalue weighted by molar-refractivity contribution is 7.27. The van der Waals surface area contributed by atoms with Gasteiger partial charge in [0.1, 0.15) is 0 Å². The predicted octanol–water partition coefficient (Wildman–Crippen LogP) is 16.1. The lowest BCUT2D eigenvalue weighted by atomic mass is 10.1. The smallest absolute Gasteiger partial charge is 0.238 e. The van der Waals surface area contributed by atoms with Gasteiger partial charge in [-0.15, -0.1) is 45.3 Å². The van der Waals surface area contributed by atoms with Gasteiger partial charge in [-0.2, -0.15) is 9.97 Å². The molecule has 13 rings (SSSR count). The summed E-state index contributed by atoms with van der Waals surface area (Å²) in [6.07, 6.45) is 0. The molecule has 0 amide bonds. The number of thiophene rings is 4. The van der Waals surface area contributed by atoms with E-state index in [9.17, 15) is 0 Å². The van der Waals surface area contributed by atoms with Crippen molar-refractivity contribution < 1.29 is 0 Å². The predicted molar refractivity (Wildman–Crippen MR) is 257 cm³/mol. The molecule has 0 saturated heterocycles. The molecule has 13 aromatic rings. The molecule has 5 heterocycles. The maximum atomic E-state index is 5.51. The zero-order valence-corrected chi connectivity index (χ0v) is 34.4. The summed E-state index contributed by atoms with van der Waals surface area (Å²) in [5.74, 6) is 1.84. The van der Waals surface area contributed by atoms with Crippen LogP contribution >= 0.6 is 45.3 Å². The van der Waals surface area contributed by atoms with Gasteiger partial charge in [-0.05, 0) is 72.8 Å². The highest BCUT2D eigenvalue weighted by atomic mass is 32.1. The number of hydrogen-bond donors (Lipinski definition) is 0. The minimum Gasteiger partial charge on any atom is -0.278 e.